The molecule has 0 amide bonds. The molecule has 3 rings (SSSR count). The minimum absolute atomic E-state index is 0.0186. The van der Waals surface area contributed by atoms with Crippen LogP contribution in [-0.4, -0.2) is 25.3 Å². The van der Waals surface area contributed by atoms with Crippen LogP contribution in [0, 0.1) is 6.92 Å². The lowest BCUT2D eigenvalue weighted by Crippen LogP contribution is -2.08. The third-order valence-corrected chi connectivity index (χ3v) is 4.20. The molecule has 2 aromatic carbocycles. The molecular weight excluding hydrogens is 352 g/mol. The number of aromatic hydroxyl groups is 1. The lowest BCUT2D eigenvalue weighted by molar-refractivity contribution is 0.0473. The Balaban J connectivity index is 1.88. The number of benzene rings is 2. The first kappa shape index (κ1) is 18.3. The van der Waals surface area contributed by atoms with E-state index in [2.05, 4.69) is 0 Å². The summed E-state index contributed by atoms with van der Waals surface area (Å²) in [4.78, 5) is 24.2. The van der Waals surface area contributed by atoms with Crippen molar-refractivity contribution >= 4 is 16.9 Å². The number of rotatable bonds is 5. The molecule has 0 unspecified atom stereocenters. The van der Waals surface area contributed by atoms with Crippen molar-refractivity contribution in [2.24, 2.45) is 0 Å². The van der Waals surface area contributed by atoms with Gasteiger partial charge in [0.2, 0.25) is 0 Å². The molecule has 0 aliphatic heterocycles. The SMILES string of the molecule is COc1ccc(C(=O)OCc2cc(=O)oc3c(C)c(O)ccc23)cc1OC. The highest BCUT2D eigenvalue weighted by molar-refractivity contribution is 5.90. The fourth-order valence-corrected chi connectivity index (χ4v) is 2.72. The highest BCUT2D eigenvalue weighted by Gasteiger charge is 2.15. The average Bonchev–Trinajstić information content (AvgIpc) is 2.68. The molecule has 1 heterocycles. The van der Waals surface area contributed by atoms with Crippen LogP contribution in [-0.2, 0) is 11.3 Å². The average molecular weight is 370 g/mol. The maximum atomic E-state index is 12.4. The summed E-state index contributed by atoms with van der Waals surface area (Å²) < 4.78 is 20.8. The molecule has 0 saturated heterocycles. The van der Waals surface area contributed by atoms with Crippen LogP contribution < -0.4 is 15.1 Å². The zero-order chi connectivity index (χ0) is 19.6. The van der Waals surface area contributed by atoms with Gasteiger partial charge in [0.25, 0.3) is 0 Å². The van der Waals surface area contributed by atoms with Crippen molar-refractivity contribution in [2.45, 2.75) is 13.5 Å². The molecule has 140 valence electrons. The number of methoxy groups -OCH3 is 2. The Labute approximate surface area is 154 Å². The molecule has 0 aliphatic carbocycles. The van der Waals surface area contributed by atoms with Gasteiger partial charge in [0.1, 0.15) is 17.9 Å². The van der Waals surface area contributed by atoms with Crippen LogP contribution in [0.15, 0.2) is 45.6 Å². The molecule has 0 radical (unpaired) electrons. The molecule has 0 saturated carbocycles. The molecule has 7 heteroatoms. The Bertz CT molecular complexity index is 1070. The number of carbonyl (C=O) groups is 1. The zero-order valence-corrected chi connectivity index (χ0v) is 15.1. The number of fused-ring (bicyclic) bond motifs is 1. The van der Waals surface area contributed by atoms with Crippen molar-refractivity contribution < 1.29 is 28.5 Å². The van der Waals surface area contributed by atoms with E-state index in [1.54, 1.807) is 25.1 Å². The predicted octanol–water partition coefficient (Wildman–Crippen LogP) is 3.18. The maximum absolute atomic E-state index is 12.4. The number of hydrogen-bond acceptors (Lipinski definition) is 7. The number of ether oxygens (including phenoxy) is 3. The number of phenolic OH excluding ortho intramolecular Hbond substituents is 1. The van der Waals surface area contributed by atoms with Crippen LogP contribution in [0.25, 0.3) is 11.0 Å². The summed E-state index contributed by atoms with van der Waals surface area (Å²) in [6.07, 6.45) is 0. The monoisotopic (exact) mass is 370 g/mol. The lowest BCUT2D eigenvalue weighted by atomic mass is 10.1. The highest BCUT2D eigenvalue weighted by Crippen LogP contribution is 2.29. The van der Waals surface area contributed by atoms with Gasteiger partial charge in [0, 0.05) is 22.6 Å². The van der Waals surface area contributed by atoms with Crippen LogP contribution in [0.5, 0.6) is 17.2 Å². The van der Waals surface area contributed by atoms with Crippen LogP contribution >= 0.6 is 0 Å². The van der Waals surface area contributed by atoms with Gasteiger partial charge < -0.3 is 23.7 Å². The first-order valence-corrected chi connectivity index (χ1v) is 8.09. The number of aryl methyl sites for hydroxylation is 1. The maximum Gasteiger partial charge on any atom is 0.338 e. The first-order chi connectivity index (χ1) is 12.9. The van der Waals surface area contributed by atoms with Crippen LogP contribution in [0.4, 0.5) is 0 Å². The zero-order valence-electron chi connectivity index (χ0n) is 15.1. The van der Waals surface area contributed by atoms with Gasteiger partial charge in [0.05, 0.1) is 19.8 Å². The van der Waals surface area contributed by atoms with Gasteiger partial charge in [0.15, 0.2) is 11.5 Å². The second-order valence-corrected chi connectivity index (χ2v) is 5.82. The van der Waals surface area contributed by atoms with Crippen molar-refractivity contribution in [1.82, 2.24) is 0 Å². The minimum Gasteiger partial charge on any atom is -0.508 e. The number of carbonyl (C=O) groups excluding carboxylic acids is 1. The molecular formula is C20H18O7. The minimum atomic E-state index is -0.589. The summed E-state index contributed by atoms with van der Waals surface area (Å²) in [6, 6.07) is 9.05. The van der Waals surface area contributed by atoms with Crippen LogP contribution in [0.2, 0.25) is 0 Å². The highest BCUT2D eigenvalue weighted by atomic mass is 16.5. The van der Waals surface area contributed by atoms with Gasteiger partial charge in [-0.1, -0.05) is 0 Å². The fraction of sp³-hybridized carbons (Fsp3) is 0.200. The molecule has 0 atom stereocenters. The van der Waals surface area contributed by atoms with Gasteiger partial charge in [-0.3, -0.25) is 0 Å². The van der Waals surface area contributed by atoms with Gasteiger partial charge in [-0.25, -0.2) is 9.59 Å². The molecule has 27 heavy (non-hydrogen) atoms. The lowest BCUT2D eigenvalue weighted by Gasteiger charge is -2.11. The Morgan fingerprint density at radius 2 is 1.81 bits per heavy atom. The second kappa shape index (κ2) is 7.41. The van der Waals surface area contributed by atoms with E-state index in [-0.39, 0.29) is 23.5 Å². The van der Waals surface area contributed by atoms with E-state index in [1.165, 1.54) is 32.4 Å². The van der Waals surface area contributed by atoms with Crippen molar-refractivity contribution in [3.63, 3.8) is 0 Å². The third-order valence-electron chi connectivity index (χ3n) is 4.20. The molecule has 0 bridgehead atoms. The van der Waals surface area contributed by atoms with Crippen molar-refractivity contribution in [3.8, 4) is 17.2 Å². The molecule has 3 aromatic rings. The smallest absolute Gasteiger partial charge is 0.338 e. The summed E-state index contributed by atoms with van der Waals surface area (Å²) in [5.41, 5.74) is 0.887. The van der Waals surface area contributed by atoms with Crippen molar-refractivity contribution in [1.29, 1.82) is 0 Å². The van der Waals surface area contributed by atoms with E-state index in [1.807, 2.05) is 0 Å². The van der Waals surface area contributed by atoms with E-state index in [0.717, 1.165) is 0 Å². The van der Waals surface area contributed by atoms with Crippen LogP contribution in [0.1, 0.15) is 21.5 Å². The molecule has 1 N–H and O–H groups in total. The quantitative estimate of drug-likeness (QED) is 0.544. The Morgan fingerprint density at radius 3 is 2.52 bits per heavy atom. The normalized spacial score (nSPS) is 10.6. The molecule has 0 spiro atoms. The third kappa shape index (κ3) is 3.57. The largest absolute Gasteiger partial charge is 0.508 e. The number of hydrogen-bond donors (Lipinski definition) is 1. The topological polar surface area (TPSA) is 95.2 Å². The summed E-state index contributed by atoms with van der Waals surface area (Å²) in [6.45, 7) is 1.51. The molecule has 0 fully saturated rings. The summed E-state index contributed by atoms with van der Waals surface area (Å²) >= 11 is 0. The van der Waals surface area contributed by atoms with Crippen molar-refractivity contribution in [2.75, 3.05) is 14.2 Å². The van der Waals surface area contributed by atoms with Gasteiger partial charge >= 0.3 is 11.6 Å². The Morgan fingerprint density at radius 1 is 1.07 bits per heavy atom. The fourth-order valence-electron chi connectivity index (χ4n) is 2.72. The van der Waals surface area contributed by atoms with Gasteiger partial charge in [-0.2, -0.15) is 0 Å². The van der Waals surface area contributed by atoms with E-state index < -0.39 is 11.6 Å². The standard InChI is InChI=1S/C20H18O7/c1-11-15(21)6-5-14-13(9-18(22)27-19(11)14)10-26-20(23)12-4-7-16(24-2)17(8-12)25-3/h4-9,21H,10H2,1-3H3. The predicted molar refractivity (Wildman–Crippen MR) is 97.6 cm³/mol. The summed E-state index contributed by atoms with van der Waals surface area (Å²) in [5.74, 6) is 0.345. The van der Waals surface area contributed by atoms with E-state index >= 15 is 0 Å². The van der Waals surface area contributed by atoms with E-state index in [0.29, 0.717) is 28.0 Å². The molecule has 7 nitrogen and oxygen atoms in total. The van der Waals surface area contributed by atoms with Gasteiger partial charge in [-0.15, -0.1) is 0 Å². The molecule has 0 aliphatic rings. The summed E-state index contributed by atoms with van der Waals surface area (Å²) in [7, 11) is 2.97. The van der Waals surface area contributed by atoms with Crippen LogP contribution in [0.3, 0.4) is 0 Å². The number of phenols is 1. The molecule has 1 aromatic heterocycles. The summed E-state index contributed by atoms with van der Waals surface area (Å²) in [5, 5.41) is 10.4. The first-order valence-electron chi connectivity index (χ1n) is 8.09. The van der Waals surface area contributed by atoms with Crippen molar-refractivity contribution in [3.05, 3.63) is 63.5 Å². The number of esters is 1. The van der Waals surface area contributed by atoms with E-state index in [4.69, 9.17) is 18.6 Å². The Kier molecular flexibility index (Phi) is 5.03. The Hall–Kier alpha value is -3.48. The van der Waals surface area contributed by atoms with E-state index in [9.17, 15) is 14.7 Å². The second-order valence-electron chi connectivity index (χ2n) is 5.82. The van der Waals surface area contributed by atoms with Gasteiger partial charge in [-0.05, 0) is 37.3 Å².